The number of nitrogens with zero attached hydrogens (tertiary/aromatic N) is 1. The third-order valence-electron chi connectivity index (χ3n) is 4.14. The fourth-order valence-electron chi connectivity index (χ4n) is 3.06. The molecule has 9 heteroatoms. The molecule has 3 rings (SSSR count). The number of hydrogen-bond donors (Lipinski definition) is 3. The lowest BCUT2D eigenvalue weighted by Gasteiger charge is -2.20. The SMILES string of the molecule is CNC(=O)Nc1ccc2c(c1)CC[C@]21OC(=O)N(CC(=O)O)C1=O. The van der Waals surface area contributed by atoms with Crippen LogP contribution in [0, 0.1) is 0 Å². The van der Waals surface area contributed by atoms with Gasteiger partial charge in [0.25, 0.3) is 5.91 Å². The van der Waals surface area contributed by atoms with Gasteiger partial charge < -0.3 is 20.5 Å². The van der Waals surface area contributed by atoms with E-state index in [0.717, 1.165) is 5.56 Å². The standard InChI is InChI=1S/C15H15N3O6/c1-16-13(22)17-9-2-3-10-8(6-9)4-5-15(10)12(21)18(7-11(19)20)14(23)24-15/h2-3,6H,4-5,7H2,1H3,(H,19,20)(H2,16,17,22)/t15-/m0/s1. The maximum atomic E-state index is 12.6. The van der Waals surface area contributed by atoms with Gasteiger partial charge in [0.15, 0.2) is 0 Å². The van der Waals surface area contributed by atoms with Crippen LogP contribution >= 0.6 is 0 Å². The molecule has 2 aliphatic rings. The van der Waals surface area contributed by atoms with E-state index in [1.54, 1.807) is 18.2 Å². The summed E-state index contributed by atoms with van der Waals surface area (Å²) < 4.78 is 5.28. The number of amides is 4. The Hall–Kier alpha value is -3.10. The van der Waals surface area contributed by atoms with Crippen LogP contribution in [0.15, 0.2) is 18.2 Å². The van der Waals surface area contributed by atoms with Crippen molar-refractivity contribution in [2.24, 2.45) is 0 Å². The number of ether oxygens (including phenoxy) is 1. The molecule has 24 heavy (non-hydrogen) atoms. The van der Waals surface area contributed by atoms with Crippen LogP contribution in [0.1, 0.15) is 17.5 Å². The Bertz CT molecular complexity index is 762. The van der Waals surface area contributed by atoms with Crippen LogP contribution in [0.5, 0.6) is 0 Å². The van der Waals surface area contributed by atoms with Gasteiger partial charge in [-0.3, -0.25) is 9.59 Å². The van der Waals surface area contributed by atoms with E-state index in [1.165, 1.54) is 7.05 Å². The maximum absolute atomic E-state index is 12.6. The molecule has 0 unspecified atom stereocenters. The molecule has 1 aliphatic heterocycles. The van der Waals surface area contributed by atoms with Crippen molar-refractivity contribution in [3.63, 3.8) is 0 Å². The summed E-state index contributed by atoms with van der Waals surface area (Å²) in [4.78, 5) is 47.3. The van der Waals surface area contributed by atoms with E-state index in [-0.39, 0.29) is 12.5 Å². The van der Waals surface area contributed by atoms with Gasteiger partial charge in [-0.1, -0.05) is 6.07 Å². The number of imide groups is 1. The van der Waals surface area contributed by atoms with Gasteiger partial charge in [-0.2, -0.15) is 0 Å². The smallest absolute Gasteiger partial charge is 0.418 e. The van der Waals surface area contributed by atoms with E-state index >= 15 is 0 Å². The molecule has 9 nitrogen and oxygen atoms in total. The molecule has 4 amide bonds. The monoisotopic (exact) mass is 333 g/mol. The molecule has 1 spiro atoms. The number of rotatable bonds is 3. The highest BCUT2D eigenvalue weighted by Gasteiger charge is 2.58. The number of anilines is 1. The quantitative estimate of drug-likeness (QED) is 0.745. The molecule has 126 valence electrons. The predicted molar refractivity (Wildman–Crippen MR) is 80.3 cm³/mol. The molecule has 0 bridgehead atoms. The number of benzene rings is 1. The van der Waals surface area contributed by atoms with Crippen molar-refractivity contribution in [1.82, 2.24) is 10.2 Å². The summed E-state index contributed by atoms with van der Waals surface area (Å²) in [6.07, 6.45) is -0.242. The first-order chi connectivity index (χ1) is 11.4. The summed E-state index contributed by atoms with van der Waals surface area (Å²) in [5, 5.41) is 13.9. The van der Waals surface area contributed by atoms with Crippen molar-refractivity contribution in [3.05, 3.63) is 29.3 Å². The van der Waals surface area contributed by atoms with Crippen molar-refractivity contribution in [2.75, 3.05) is 18.9 Å². The van der Waals surface area contributed by atoms with E-state index < -0.39 is 30.1 Å². The minimum Gasteiger partial charge on any atom is -0.480 e. The van der Waals surface area contributed by atoms with Crippen molar-refractivity contribution in [1.29, 1.82) is 0 Å². The molecule has 0 aromatic heterocycles. The second kappa shape index (κ2) is 5.52. The molecule has 1 aromatic rings. The number of hydrogen-bond acceptors (Lipinski definition) is 5. The van der Waals surface area contributed by atoms with Crippen molar-refractivity contribution < 1.29 is 29.0 Å². The number of carbonyl (C=O) groups is 4. The lowest BCUT2D eigenvalue weighted by Crippen LogP contribution is -2.39. The van der Waals surface area contributed by atoms with Crippen LogP contribution < -0.4 is 10.6 Å². The number of aliphatic carboxylic acids is 1. The van der Waals surface area contributed by atoms with Gasteiger partial charge in [0.1, 0.15) is 6.54 Å². The summed E-state index contributed by atoms with van der Waals surface area (Å²) in [5.74, 6) is -1.96. The number of urea groups is 1. The third-order valence-corrected chi connectivity index (χ3v) is 4.14. The minimum absolute atomic E-state index is 0.243. The van der Waals surface area contributed by atoms with Gasteiger partial charge >= 0.3 is 18.1 Å². The number of carboxylic acid groups (broad SMARTS) is 1. The van der Waals surface area contributed by atoms with Gasteiger partial charge in [0, 0.05) is 24.7 Å². The summed E-state index contributed by atoms with van der Waals surface area (Å²) in [5.41, 5.74) is 0.371. The highest BCUT2D eigenvalue weighted by molar-refractivity contribution is 6.06. The predicted octanol–water partition coefficient (Wildman–Crippen LogP) is 0.643. The average molecular weight is 333 g/mol. The number of fused-ring (bicyclic) bond motifs is 2. The fourth-order valence-corrected chi connectivity index (χ4v) is 3.06. The Labute approximate surface area is 136 Å². The summed E-state index contributed by atoms with van der Waals surface area (Å²) in [6.45, 7) is -0.731. The molecule has 1 heterocycles. The van der Waals surface area contributed by atoms with E-state index in [4.69, 9.17) is 9.84 Å². The molecule has 0 saturated carbocycles. The molecule has 1 fully saturated rings. The van der Waals surface area contributed by atoms with E-state index in [9.17, 15) is 19.2 Å². The van der Waals surface area contributed by atoms with Crippen LogP contribution in [0.3, 0.4) is 0 Å². The summed E-state index contributed by atoms with van der Waals surface area (Å²) in [6, 6.07) is 4.55. The van der Waals surface area contributed by atoms with Gasteiger partial charge in [-0.05, 0) is 24.1 Å². The Morgan fingerprint density at radius 2 is 2.12 bits per heavy atom. The number of carboxylic acids is 1. The molecule has 1 aromatic carbocycles. The zero-order valence-corrected chi connectivity index (χ0v) is 12.8. The van der Waals surface area contributed by atoms with Crippen LogP contribution in [0.2, 0.25) is 0 Å². The molecular formula is C15H15N3O6. The normalized spacial score (nSPS) is 21.6. The van der Waals surface area contributed by atoms with Crippen LogP contribution in [-0.4, -0.2) is 47.6 Å². The fraction of sp³-hybridized carbons (Fsp3) is 0.333. The second-order valence-corrected chi connectivity index (χ2v) is 5.56. The second-order valence-electron chi connectivity index (χ2n) is 5.56. The summed E-state index contributed by atoms with van der Waals surface area (Å²) >= 11 is 0. The van der Waals surface area contributed by atoms with E-state index in [2.05, 4.69) is 10.6 Å². The Kier molecular flexibility index (Phi) is 3.63. The van der Waals surface area contributed by atoms with Crippen LogP contribution in [0.4, 0.5) is 15.3 Å². The first-order valence-electron chi connectivity index (χ1n) is 7.26. The minimum atomic E-state index is -1.46. The summed E-state index contributed by atoms with van der Waals surface area (Å²) in [7, 11) is 1.49. The Balaban J connectivity index is 1.92. The topological polar surface area (TPSA) is 125 Å². The van der Waals surface area contributed by atoms with Crippen molar-refractivity contribution in [3.8, 4) is 0 Å². The molecule has 1 aliphatic carbocycles. The Morgan fingerprint density at radius 1 is 1.38 bits per heavy atom. The van der Waals surface area contributed by atoms with Gasteiger partial charge in [-0.25, -0.2) is 14.5 Å². The maximum Gasteiger partial charge on any atom is 0.418 e. The highest BCUT2D eigenvalue weighted by Crippen LogP contribution is 2.45. The molecule has 1 saturated heterocycles. The van der Waals surface area contributed by atoms with Gasteiger partial charge in [-0.15, -0.1) is 0 Å². The van der Waals surface area contributed by atoms with Crippen LogP contribution in [0.25, 0.3) is 0 Å². The third kappa shape index (κ3) is 2.34. The zero-order chi connectivity index (χ0) is 17.5. The zero-order valence-electron chi connectivity index (χ0n) is 12.8. The lowest BCUT2D eigenvalue weighted by atomic mass is 9.94. The largest absolute Gasteiger partial charge is 0.480 e. The number of aryl methyl sites for hydroxylation is 1. The highest BCUT2D eigenvalue weighted by atomic mass is 16.6. The molecular weight excluding hydrogens is 318 g/mol. The average Bonchev–Trinajstić information content (AvgIpc) is 3.00. The number of carbonyl (C=O) groups excluding carboxylic acids is 3. The van der Waals surface area contributed by atoms with E-state index in [0.29, 0.717) is 22.6 Å². The molecule has 3 N–H and O–H groups in total. The Morgan fingerprint density at radius 3 is 2.79 bits per heavy atom. The van der Waals surface area contributed by atoms with Crippen molar-refractivity contribution >= 4 is 29.7 Å². The first kappa shape index (κ1) is 15.8. The molecule has 0 radical (unpaired) electrons. The lowest BCUT2D eigenvalue weighted by molar-refractivity contribution is -0.144. The van der Waals surface area contributed by atoms with E-state index in [1.807, 2.05) is 0 Å². The van der Waals surface area contributed by atoms with Gasteiger partial charge in [0.2, 0.25) is 5.60 Å². The first-order valence-corrected chi connectivity index (χ1v) is 7.26. The number of nitrogens with one attached hydrogen (secondary N) is 2. The molecule has 1 atom stereocenters. The van der Waals surface area contributed by atoms with Crippen LogP contribution in [-0.2, 0) is 26.3 Å². The van der Waals surface area contributed by atoms with Gasteiger partial charge in [0.05, 0.1) is 0 Å². The van der Waals surface area contributed by atoms with Crippen molar-refractivity contribution in [2.45, 2.75) is 18.4 Å².